The van der Waals surface area contributed by atoms with E-state index in [1.54, 1.807) is 5.19 Å². The molecule has 0 aliphatic heterocycles. The molecule has 0 heterocycles. The molecule has 6 heteroatoms. The van der Waals surface area contributed by atoms with E-state index in [1.807, 2.05) is 4.42 Å². The fourth-order valence-corrected chi connectivity index (χ4v) is 41.9. The van der Waals surface area contributed by atoms with E-state index in [9.17, 15) is 0 Å². The topological polar surface area (TPSA) is 18.5 Å². The molecule has 1 aromatic rings. The van der Waals surface area contributed by atoms with Gasteiger partial charge in [-0.25, -0.2) is 0 Å². The maximum absolute atomic E-state index is 6.17. The van der Waals surface area contributed by atoms with Crippen molar-refractivity contribution in [2.24, 2.45) is 0 Å². The Morgan fingerprint density at radius 1 is 0.733 bits per heavy atom. The highest BCUT2D eigenvalue weighted by atomic mass is 29.2. The maximum atomic E-state index is 6.17. The van der Waals surface area contributed by atoms with Gasteiger partial charge in [-0.2, -0.15) is 0 Å². The molecule has 0 N–H and O–H groups in total. The van der Waals surface area contributed by atoms with Crippen LogP contribution in [0.4, 0.5) is 0 Å². The predicted molar refractivity (Wildman–Crippen MR) is 147 cm³/mol. The van der Waals surface area contributed by atoms with Gasteiger partial charge in [0.15, 0.2) is 0 Å². The molecule has 0 atom stereocenters. The molecule has 1 rings (SSSR count). The third-order valence-electron chi connectivity index (χ3n) is 5.13. The average molecular weight is 481 g/mol. The Morgan fingerprint density at radius 3 is 1.37 bits per heavy atom. The largest absolute Gasteiger partial charge is 0.374 e. The Bertz CT molecular complexity index is 687. The van der Waals surface area contributed by atoms with Crippen LogP contribution < -0.4 is 5.19 Å². The van der Waals surface area contributed by atoms with Crippen molar-refractivity contribution in [2.75, 3.05) is 0 Å². The van der Waals surface area contributed by atoms with Gasteiger partial charge in [0.1, 0.15) is 0 Å². The molecule has 172 valence electrons. The monoisotopic (exact) mass is 480 g/mol. The first-order chi connectivity index (χ1) is 13.5. The van der Waals surface area contributed by atoms with Crippen molar-refractivity contribution in [2.45, 2.75) is 112 Å². The first kappa shape index (κ1) is 27.9. The van der Waals surface area contributed by atoms with E-state index >= 15 is 0 Å². The average Bonchev–Trinajstić information content (AvgIpc) is 2.52. The molecular weight excluding hydrogens is 433 g/mol. The lowest BCUT2D eigenvalue weighted by Gasteiger charge is -2.39. The van der Waals surface area contributed by atoms with Crippen LogP contribution in [0.5, 0.6) is 0 Å². The summed E-state index contributed by atoms with van der Waals surface area (Å²) in [6, 6.07) is 6.87. The summed E-state index contributed by atoms with van der Waals surface area (Å²) in [6.07, 6.45) is 0.488. The van der Waals surface area contributed by atoms with E-state index in [-0.39, 0.29) is 12.2 Å². The van der Waals surface area contributed by atoms with Gasteiger partial charge >= 0.3 is 0 Å². The zero-order valence-corrected chi connectivity index (χ0v) is 26.1. The lowest BCUT2D eigenvalue weighted by Crippen LogP contribution is -2.63. The van der Waals surface area contributed by atoms with Crippen LogP contribution in [0.25, 0.3) is 0 Å². The van der Waals surface area contributed by atoms with Gasteiger partial charge in [-0.15, -0.1) is 4.42 Å². The van der Waals surface area contributed by atoms with Crippen LogP contribution in [0.2, 0.25) is 58.9 Å². The van der Waals surface area contributed by atoms with Gasteiger partial charge in [0, 0.05) is 7.93 Å². The van der Waals surface area contributed by atoms with Crippen molar-refractivity contribution >= 4 is 41.3 Å². The Labute approximate surface area is 191 Å². The van der Waals surface area contributed by atoms with Crippen LogP contribution in [-0.4, -0.2) is 48.3 Å². The molecule has 0 aromatic heterocycles. The summed E-state index contributed by atoms with van der Waals surface area (Å²) in [5.74, 6) is 0. The minimum Gasteiger partial charge on any atom is -0.374 e. The highest BCUT2D eigenvalue weighted by Crippen LogP contribution is 2.21. The predicted octanol–water partition coefficient (Wildman–Crippen LogP) is 6.16. The summed E-state index contributed by atoms with van der Waals surface area (Å²) in [5, 5.41) is 1.64. The van der Waals surface area contributed by atoms with E-state index in [4.69, 9.17) is 9.47 Å². The van der Waals surface area contributed by atoms with Gasteiger partial charge < -0.3 is 9.47 Å². The summed E-state index contributed by atoms with van der Waals surface area (Å²) in [7, 11) is -5.16. The zero-order chi connectivity index (χ0) is 23.5. The Balaban J connectivity index is 3.99. The summed E-state index contributed by atoms with van der Waals surface area (Å²) in [4.78, 5) is 0. The number of hydrogen-bond donors (Lipinski definition) is 0. The molecule has 1 aromatic carbocycles. The van der Waals surface area contributed by atoms with Crippen LogP contribution >= 0.6 is 0 Å². The van der Waals surface area contributed by atoms with E-state index in [1.165, 1.54) is 11.1 Å². The van der Waals surface area contributed by atoms with Crippen molar-refractivity contribution in [3.05, 3.63) is 29.3 Å². The van der Waals surface area contributed by atoms with Crippen LogP contribution in [0.3, 0.4) is 0 Å². The van der Waals surface area contributed by atoms with Gasteiger partial charge in [0.25, 0.3) is 0 Å². The second-order valence-electron chi connectivity index (χ2n) is 12.2. The van der Waals surface area contributed by atoms with Gasteiger partial charge in [-0.1, -0.05) is 77.1 Å². The zero-order valence-electron chi connectivity index (χ0n) is 22.1. The third-order valence-corrected chi connectivity index (χ3v) is 29.3. The molecule has 0 aliphatic rings. The van der Waals surface area contributed by atoms with Crippen LogP contribution in [0.1, 0.15) is 38.8 Å². The number of ether oxygens (including phenoxy) is 2. The molecule has 0 amide bonds. The third kappa shape index (κ3) is 8.10. The van der Waals surface area contributed by atoms with Gasteiger partial charge in [-0.3, -0.25) is 0 Å². The van der Waals surface area contributed by atoms with Crippen molar-refractivity contribution in [3.8, 4) is 0 Å². The van der Waals surface area contributed by atoms with E-state index in [2.05, 4.69) is 105 Å². The van der Waals surface area contributed by atoms with E-state index in [0.717, 1.165) is 0 Å². The normalized spacial score (nSPS) is 13.3. The lowest BCUT2D eigenvalue weighted by atomic mass is 10.1. The summed E-state index contributed by atoms with van der Waals surface area (Å²) in [5.41, 5.74) is 2.83. The molecule has 0 bridgehead atoms. The summed E-state index contributed by atoms with van der Waals surface area (Å²) < 4.78 is 14.4. The second kappa shape index (κ2) is 10.7. The fraction of sp³-hybridized carbons (Fsp3) is 0.708. The quantitative estimate of drug-likeness (QED) is 0.373. The van der Waals surface area contributed by atoms with Gasteiger partial charge in [0.2, 0.25) is 0 Å². The molecule has 0 fully saturated rings. The standard InChI is InChI=1S/C24H48O2Si4/c1-19(2)25-17-21-15-14-16-22(18-26-20(3)4)23(21)27(30(11,12)13)24(28(5,6)7)29(8,9)10/h14-16,19-20H,17-18H2,1-13H3. The van der Waals surface area contributed by atoms with Crippen LogP contribution in [0, 0.1) is 0 Å². The smallest absolute Gasteiger partial charge is 0.0722 e. The minimum atomic E-state index is -1.46. The number of hydrogen-bond acceptors (Lipinski definition) is 2. The van der Waals surface area contributed by atoms with E-state index in [0.29, 0.717) is 13.2 Å². The van der Waals surface area contributed by atoms with Crippen molar-refractivity contribution < 1.29 is 9.47 Å². The molecule has 2 nitrogen and oxygen atoms in total. The maximum Gasteiger partial charge on any atom is 0.0722 e. The first-order valence-corrected chi connectivity index (χ1v) is 24.6. The summed E-state index contributed by atoms with van der Waals surface area (Å²) >= 11 is 0. The Kier molecular flexibility index (Phi) is 9.92. The van der Waals surface area contributed by atoms with Crippen LogP contribution in [-0.2, 0) is 22.7 Å². The Morgan fingerprint density at radius 2 is 1.10 bits per heavy atom. The van der Waals surface area contributed by atoms with E-state index < -0.39 is 31.7 Å². The lowest BCUT2D eigenvalue weighted by molar-refractivity contribution is 0.0635. The van der Waals surface area contributed by atoms with Crippen molar-refractivity contribution in [1.29, 1.82) is 0 Å². The SMILES string of the molecule is CC(C)OCc1cccc(COC(C)C)c1[Si](=C([Si](C)(C)C)[Si](C)(C)C)[Si](C)(C)C. The molecule has 30 heavy (non-hydrogen) atoms. The first-order valence-electron chi connectivity index (χ1n) is 11.6. The van der Waals surface area contributed by atoms with Gasteiger partial charge in [0.05, 0.1) is 49.2 Å². The Hall–Kier alpha value is -0.122. The highest BCUT2D eigenvalue weighted by Gasteiger charge is 2.39. The molecule has 0 saturated heterocycles. The molecule has 0 saturated carbocycles. The molecule has 0 unspecified atom stereocenters. The molecule has 0 radical (unpaired) electrons. The van der Waals surface area contributed by atoms with Crippen molar-refractivity contribution in [3.63, 3.8) is 0 Å². The summed E-state index contributed by atoms with van der Waals surface area (Å²) in [6.45, 7) is 33.3. The van der Waals surface area contributed by atoms with Gasteiger partial charge in [-0.05, 0) is 44.0 Å². The molecule has 0 aliphatic carbocycles. The minimum absolute atomic E-state index is 0.244. The van der Waals surface area contributed by atoms with Crippen molar-refractivity contribution in [1.82, 2.24) is 0 Å². The molecular formula is C24H48O2Si4. The highest BCUT2D eigenvalue weighted by molar-refractivity contribution is 7.55. The molecule has 0 spiro atoms. The second-order valence-corrected chi connectivity index (χ2v) is 35.9. The number of rotatable bonds is 10. The van der Waals surface area contributed by atoms with Crippen LogP contribution in [0.15, 0.2) is 18.2 Å². The fourth-order valence-electron chi connectivity index (χ4n) is 4.48. The number of benzene rings is 1.